The predicted octanol–water partition coefficient (Wildman–Crippen LogP) is 1.87. The molecule has 0 saturated heterocycles. The van der Waals surface area contributed by atoms with E-state index in [1.807, 2.05) is 35.0 Å². The van der Waals surface area contributed by atoms with Crippen molar-refractivity contribution in [2.75, 3.05) is 0 Å². The van der Waals surface area contributed by atoms with E-state index < -0.39 is 5.91 Å². The summed E-state index contributed by atoms with van der Waals surface area (Å²) >= 11 is 0. The first kappa shape index (κ1) is 11.4. The van der Waals surface area contributed by atoms with Gasteiger partial charge in [-0.25, -0.2) is 9.98 Å². The van der Waals surface area contributed by atoms with E-state index in [0.29, 0.717) is 5.71 Å². The highest BCUT2D eigenvalue weighted by Gasteiger charge is 2.22. The van der Waals surface area contributed by atoms with Crippen LogP contribution >= 0.6 is 0 Å². The Labute approximate surface area is 109 Å². The molecule has 0 saturated carbocycles. The Hall–Kier alpha value is -2.74. The fraction of sp³-hybridized carbons (Fsp3) is 0.143. The topological polar surface area (TPSA) is 70.5 Å². The molecule has 2 aromatic rings. The third kappa shape index (κ3) is 1.83. The monoisotopic (exact) mass is 250 g/mol. The van der Waals surface area contributed by atoms with E-state index in [1.54, 1.807) is 19.2 Å². The Kier molecular flexibility index (Phi) is 2.50. The van der Waals surface area contributed by atoms with Crippen LogP contribution in [0.1, 0.15) is 18.4 Å². The lowest BCUT2D eigenvalue weighted by Gasteiger charge is -2.17. The number of rotatable bonds is 1. The van der Waals surface area contributed by atoms with Crippen LogP contribution in [0.4, 0.5) is 0 Å². The number of hydrogen-bond donors (Lipinski definition) is 0. The van der Waals surface area contributed by atoms with Crippen LogP contribution < -0.4 is 0 Å². The van der Waals surface area contributed by atoms with Crippen molar-refractivity contribution in [1.29, 1.82) is 5.26 Å². The zero-order valence-corrected chi connectivity index (χ0v) is 10.2. The van der Waals surface area contributed by atoms with Crippen molar-refractivity contribution in [3.63, 3.8) is 0 Å². The molecule has 0 aliphatic carbocycles. The average Bonchev–Trinajstić information content (AvgIpc) is 2.86. The van der Waals surface area contributed by atoms with Gasteiger partial charge in [-0.05, 0) is 30.7 Å². The molecule has 5 nitrogen and oxygen atoms in total. The maximum absolute atomic E-state index is 11.5. The maximum atomic E-state index is 11.5. The number of carbonyl (C=O) groups is 1. The van der Waals surface area contributed by atoms with Crippen LogP contribution in [-0.2, 0) is 4.79 Å². The first-order chi connectivity index (χ1) is 9.19. The summed E-state index contributed by atoms with van der Waals surface area (Å²) in [6.07, 6.45) is 7.16. The van der Waals surface area contributed by atoms with E-state index in [0.717, 1.165) is 11.2 Å². The molecule has 1 aliphatic rings. The largest absolute Gasteiger partial charge is 0.307 e. The molecule has 0 fully saturated rings. The van der Waals surface area contributed by atoms with Crippen LogP contribution in [-0.4, -0.2) is 21.0 Å². The van der Waals surface area contributed by atoms with Gasteiger partial charge in [0.15, 0.2) is 0 Å². The Morgan fingerprint density at radius 1 is 1.42 bits per heavy atom. The number of pyridine rings is 1. The number of nitrogens with zero attached hydrogens (tertiary/aromatic N) is 4. The van der Waals surface area contributed by atoms with Gasteiger partial charge in [0.2, 0.25) is 0 Å². The molecule has 0 radical (unpaired) electrons. The summed E-state index contributed by atoms with van der Waals surface area (Å²) in [6, 6.07) is 5.77. The van der Waals surface area contributed by atoms with Gasteiger partial charge in [0.05, 0.1) is 0 Å². The van der Waals surface area contributed by atoms with Crippen LogP contribution in [0.3, 0.4) is 0 Å². The molecule has 3 heterocycles. The highest BCUT2D eigenvalue weighted by molar-refractivity contribution is 6.10. The Morgan fingerprint density at radius 2 is 2.26 bits per heavy atom. The van der Waals surface area contributed by atoms with E-state index in [-0.39, 0.29) is 11.5 Å². The minimum absolute atomic E-state index is 0.0961. The summed E-state index contributed by atoms with van der Waals surface area (Å²) in [5.41, 5.74) is 2.59. The van der Waals surface area contributed by atoms with E-state index in [9.17, 15) is 4.79 Å². The van der Waals surface area contributed by atoms with Gasteiger partial charge in [-0.1, -0.05) is 0 Å². The second-order valence-corrected chi connectivity index (χ2v) is 4.38. The standard InChI is InChI=1S/C14H10N4O/c1-9-12(6-11(8-15)14(19)17-9)10-2-4-18-5-3-16-13(18)7-10/h2-7,12H,1H3. The van der Waals surface area contributed by atoms with E-state index in [1.165, 1.54) is 0 Å². The zero-order valence-electron chi connectivity index (χ0n) is 10.2. The number of aliphatic imine (C=N–C) groups is 1. The second kappa shape index (κ2) is 4.18. The molecule has 2 aromatic heterocycles. The van der Waals surface area contributed by atoms with Crippen LogP contribution in [0.25, 0.3) is 5.65 Å². The maximum Gasteiger partial charge on any atom is 0.287 e. The molecule has 5 heteroatoms. The van der Waals surface area contributed by atoms with Crippen molar-refractivity contribution >= 4 is 17.3 Å². The van der Waals surface area contributed by atoms with Crippen molar-refractivity contribution in [3.8, 4) is 6.07 Å². The summed E-state index contributed by atoms with van der Waals surface area (Å²) in [7, 11) is 0. The lowest BCUT2D eigenvalue weighted by Crippen LogP contribution is -2.17. The molecule has 1 aliphatic heterocycles. The quantitative estimate of drug-likeness (QED) is 0.775. The fourth-order valence-corrected chi connectivity index (χ4v) is 2.19. The summed E-state index contributed by atoms with van der Waals surface area (Å²) in [6.45, 7) is 1.79. The zero-order chi connectivity index (χ0) is 13.4. The highest BCUT2D eigenvalue weighted by Crippen LogP contribution is 2.25. The van der Waals surface area contributed by atoms with E-state index in [2.05, 4.69) is 9.98 Å². The third-order valence-electron chi connectivity index (χ3n) is 3.19. The van der Waals surface area contributed by atoms with Gasteiger partial charge in [0, 0.05) is 30.2 Å². The van der Waals surface area contributed by atoms with Crippen molar-refractivity contribution in [1.82, 2.24) is 9.38 Å². The van der Waals surface area contributed by atoms with Gasteiger partial charge >= 0.3 is 0 Å². The molecule has 0 aromatic carbocycles. The summed E-state index contributed by atoms with van der Waals surface area (Å²) in [5, 5.41) is 8.93. The van der Waals surface area contributed by atoms with Gasteiger partial charge in [-0.2, -0.15) is 5.26 Å². The third-order valence-corrected chi connectivity index (χ3v) is 3.19. The Balaban J connectivity index is 2.10. The molecule has 19 heavy (non-hydrogen) atoms. The normalized spacial score (nSPS) is 18.9. The van der Waals surface area contributed by atoms with Crippen LogP contribution in [0, 0.1) is 11.3 Å². The summed E-state index contributed by atoms with van der Waals surface area (Å²) in [4.78, 5) is 19.6. The number of nitriles is 1. The number of dihydropyridines is 1. The fourth-order valence-electron chi connectivity index (χ4n) is 2.19. The van der Waals surface area contributed by atoms with Crippen LogP contribution in [0.2, 0.25) is 0 Å². The predicted molar refractivity (Wildman–Crippen MR) is 69.7 cm³/mol. The second-order valence-electron chi connectivity index (χ2n) is 4.38. The van der Waals surface area contributed by atoms with E-state index in [4.69, 9.17) is 5.26 Å². The van der Waals surface area contributed by atoms with Crippen molar-refractivity contribution < 1.29 is 4.79 Å². The highest BCUT2D eigenvalue weighted by atomic mass is 16.1. The number of allylic oxidation sites excluding steroid dienone is 1. The SMILES string of the molecule is CC1=NC(=O)C(C#N)=CC1c1ccn2ccnc2c1. The molecule has 0 bridgehead atoms. The van der Waals surface area contributed by atoms with Crippen molar-refractivity contribution in [2.24, 2.45) is 4.99 Å². The summed E-state index contributed by atoms with van der Waals surface area (Å²) in [5.74, 6) is -0.604. The van der Waals surface area contributed by atoms with Crippen molar-refractivity contribution in [3.05, 3.63) is 47.9 Å². The minimum Gasteiger partial charge on any atom is -0.307 e. The first-order valence-electron chi connectivity index (χ1n) is 5.83. The number of amides is 1. The number of hydrogen-bond acceptors (Lipinski definition) is 3. The molecule has 1 amide bonds. The summed E-state index contributed by atoms with van der Waals surface area (Å²) < 4.78 is 1.90. The first-order valence-corrected chi connectivity index (χ1v) is 5.83. The van der Waals surface area contributed by atoms with Crippen LogP contribution in [0.15, 0.2) is 47.4 Å². The molecule has 1 atom stereocenters. The van der Waals surface area contributed by atoms with Gasteiger partial charge in [0.25, 0.3) is 5.91 Å². The van der Waals surface area contributed by atoms with E-state index >= 15 is 0 Å². The lowest BCUT2D eigenvalue weighted by atomic mass is 9.91. The Morgan fingerprint density at radius 3 is 3.05 bits per heavy atom. The van der Waals surface area contributed by atoms with Gasteiger partial charge in [0.1, 0.15) is 17.3 Å². The molecule has 0 N–H and O–H groups in total. The molecular formula is C14H10N4O. The molecular weight excluding hydrogens is 240 g/mol. The van der Waals surface area contributed by atoms with Crippen molar-refractivity contribution in [2.45, 2.75) is 12.8 Å². The molecule has 92 valence electrons. The Bertz CT molecular complexity index is 776. The molecule has 1 unspecified atom stereocenters. The minimum atomic E-state index is -0.460. The number of aromatic nitrogens is 2. The number of carbonyl (C=O) groups excluding carboxylic acids is 1. The van der Waals surface area contributed by atoms with Gasteiger partial charge < -0.3 is 4.40 Å². The van der Waals surface area contributed by atoms with Gasteiger partial charge in [-0.15, -0.1) is 0 Å². The van der Waals surface area contributed by atoms with Gasteiger partial charge in [-0.3, -0.25) is 4.79 Å². The number of imidazole rings is 1. The van der Waals surface area contributed by atoms with Crippen LogP contribution in [0.5, 0.6) is 0 Å². The molecule has 0 spiro atoms. The smallest absolute Gasteiger partial charge is 0.287 e. The average molecular weight is 250 g/mol. The number of fused-ring (bicyclic) bond motifs is 1. The lowest BCUT2D eigenvalue weighted by molar-refractivity contribution is -0.114. The molecule has 3 rings (SSSR count).